The highest BCUT2D eigenvalue weighted by Crippen LogP contribution is 2.25. The Kier molecular flexibility index (Phi) is 3.40. The lowest BCUT2D eigenvalue weighted by atomic mass is 10.1. The molecule has 0 atom stereocenters. The highest BCUT2D eigenvalue weighted by molar-refractivity contribution is 5.97. The molecule has 2 aromatic rings. The number of hydrogen-bond donors (Lipinski definition) is 0. The molecular formula is C16H19N3O. The minimum atomic E-state index is 0.668. The average molecular weight is 269 g/mol. The van der Waals surface area contributed by atoms with E-state index < -0.39 is 0 Å². The van der Waals surface area contributed by atoms with E-state index in [0.29, 0.717) is 5.56 Å². The Bertz CT molecular complexity index is 645. The number of aromatic nitrogens is 1. The fourth-order valence-electron chi connectivity index (χ4n) is 2.72. The summed E-state index contributed by atoms with van der Waals surface area (Å²) < 4.78 is 0. The number of anilines is 1. The smallest absolute Gasteiger partial charge is 0.152 e. The zero-order chi connectivity index (χ0) is 14.1. The second kappa shape index (κ2) is 5.21. The maximum Gasteiger partial charge on any atom is 0.152 e. The summed E-state index contributed by atoms with van der Waals surface area (Å²) in [6.07, 6.45) is 0.891. The Hall–Kier alpha value is -1.94. The Morgan fingerprint density at radius 1 is 1.20 bits per heavy atom. The molecule has 0 aliphatic carbocycles. The molecule has 0 N–H and O–H groups in total. The third-order valence-electron chi connectivity index (χ3n) is 4.02. The lowest BCUT2D eigenvalue weighted by Gasteiger charge is -2.33. The van der Waals surface area contributed by atoms with Crippen LogP contribution in [0.4, 0.5) is 5.82 Å². The summed E-state index contributed by atoms with van der Waals surface area (Å²) in [6, 6.07) is 7.90. The van der Waals surface area contributed by atoms with Gasteiger partial charge in [-0.15, -0.1) is 0 Å². The van der Waals surface area contributed by atoms with Gasteiger partial charge in [0.2, 0.25) is 0 Å². The van der Waals surface area contributed by atoms with Gasteiger partial charge in [0.1, 0.15) is 5.82 Å². The molecular weight excluding hydrogens is 250 g/mol. The molecule has 20 heavy (non-hydrogen) atoms. The number of aldehydes is 1. The number of piperazine rings is 1. The minimum absolute atomic E-state index is 0.668. The van der Waals surface area contributed by atoms with Crippen LogP contribution < -0.4 is 4.90 Å². The molecule has 1 aromatic heterocycles. The normalized spacial score (nSPS) is 16.6. The summed E-state index contributed by atoms with van der Waals surface area (Å²) in [4.78, 5) is 20.6. The van der Waals surface area contributed by atoms with Crippen molar-refractivity contribution in [2.75, 3.05) is 38.1 Å². The fourth-order valence-corrected chi connectivity index (χ4v) is 2.72. The van der Waals surface area contributed by atoms with E-state index in [1.165, 1.54) is 5.56 Å². The van der Waals surface area contributed by atoms with Gasteiger partial charge >= 0.3 is 0 Å². The molecule has 1 fully saturated rings. The zero-order valence-electron chi connectivity index (χ0n) is 12.0. The molecule has 0 amide bonds. The Labute approximate surface area is 119 Å². The minimum Gasteiger partial charge on any atom is -0.354 e. The number of nitrogens with zero attached hydrogens (tertiary/aromatic N) is 3. The highest BCUT2D eigenvalue weighted by Gasteiger charge is 2.17. The lowest BCUT2D eigenvalue weighted by Crippen LogP contribution is -2.44. The topological polar surface area (TPSA) is 36.4 Å². The summed E-state index contributed by atoms with van der Waals surface area (Å²) in [5, 5.41) is 1.06. The number of carbonyl (C=O) groups is 1. The van der Waals surface area contributed by atoms with Crippen molar-refractivity contribution in [3.8, 4) is 0 Å². The number of pyridine rings is 1. The largest absolute Gasteiger partial charge is 0.354 e. The van der Waals surface area contributed by atoms with Crippen LogP contribution in [0.15, 0.2) is 24.3 Å². The van der Waals surface area contributed by atoms with E-state index in [2.05, 4.69) is 29.8 Å². The van der Waals surface area contributed by atoms with Crippen molar-refractivity contribution in [1.29, 1.82) is 0 Å². The van der Waals surface area contributed by atoms with E-state index >= 15 is 0 Å². The SMILES string of the molecule is Cc1cc(N2CCN(C)CC2)nc2c(C=O)cccc12. The van der Waals surface area contributed by atoms with E-state index in [0.717, 1.165) is 49.2 Å². The maximum absolute atomic E-state index is 11.2. The molecule has 4 heteroatoms. The summed E-state index contributed by atoms with van der Waals surface area (Å²) >= 11 is 0. The van der Waals surface area contributed by atoms with Crippen molar-refractivity contribution in [2.45, 2.75) is 6.92 Å². The van der Waals surface area contributed by atoms with Gasteiger partial charge in [-0.2, -0.15) is 0 Å². The van der Waals surface area contributed by atoms with Crippen LogP contribution >= 0.6 is 0 Å². The number of likely N-dealkylation sites (N-methyl/N-ethyl adjacent to an activating group) is 1. The number of aryl methyl sites for hydroxylation is 1. The summed E-state index contributed by atoms with van der Waals surface area (Å²) in [5.41, 5.74) is 2.66. The van der Waals surface area contributed by atoms with Crippen molar-refractivity contribution in [3.63, 3.8) is 0 Å². The van der Waals surface area contributed by atoms with Crippen molar-refractivity contribution < 1.29 is 4.79 Å². The number of rotatable bonds is 2. The van der Waals surface area contributed by atoms with Gasteiger partial charge in [0, 0.05) is 37.1 Å². The molecule has 0 unspecified atom stereocenters. The van der Waals surface area contributed by atoms with Crippen LogP contribution in [0.2, 0.25) is 0 Å². The average Bonchev–Trinajstić information content (AvgIpc) is 2.47. The van der Waals surface area contributed by atoms with Gasteiger partial charge in [0.15, 0.2) is 6.29 Å². The molecule has 0 radical (unpaired) electrons. The number of fused-ring (bicyclic) bond motifs is 1. The zero-order valence-corrected chi connectivity index (χ0v) is 12.0. The van der Waals surface area contributed by atoms with Gasteiger partial charge in [-0.3, -0.25) is 4.79 Å². The first-order chi connectivity index (χ1) is 9.69. The van der Waals surface area contributed by atoms with Crippen molar-refractivity contribution in [3.05, 3.63) is 35.4 Å². The van der Waals surface area contributed by atoms with Crippen LogP contribution in [-0.4, -0.2) is 49.4 Å². The molecule has 3 rings (SSSR count). The molecule has 4 nitrogen and oxygen atoms in total. The molecule has 1 aliphatic rings. The maximum atomic E-state index is 11.2. The predicted octanol–water partition coefficient (Wildman–Crippen LogP) is 2.11. The highest BCUT2D eigenvalue weighted by atomic mass is 16.1. The van der Waals surface area contributed by atoms with Crippen LogP contribution in [0.1, 0.15) is 15.9 Å². The molecule has 1 aliphatic heterocycles. The lowest BCUT2D eigenvalue weighted by molar-refractivity contribution is 0.112. The van der Waals surface area contributed by atoms with E-state index in [9.17, 15) is 4.79 Å². The van der Waals surface area contributed by atoms with Crippen molar-refractivity contribution in [2.24, 2.45) is 0 Å². The van der Waals surface area contributed by atoms with E-state index in [4.69, 9.17) is 4.98 Å². The van der Waals surface area contributed by atoms with Crippen molar-refractivity contribution >= 4 is 23.0 Å². The molecule has 0 saturated carbocycles. The van der Waals surface area contributed by atoms with Gasteiger partial charge in [-0.25, -0.2) is 4.98 Å². The summed E-state index contributed by atoms with van der Waals surface area (Å²) in [5.74, 6) is 0.984. The van der Waals surface area contributed by atoms with E-state index in [-0.39, 0.29) is 0 Å². The molecule has 1 saturated heterocycles. The predicted molar refractivity (Wildman–Crippen MR) is 81.6 cm³/mol. The van der Waals surface area contributed by atoms with Gasteiger partial charge in [-0.1, -0.05) is 12.1 Å². The number of hydrogen-bond acceptors (Lipinski definition) is 4. The van der Waals surface area contributed by atoms with Gasteiger partial charge in [0.05, 0.1) is 5.52 Å². The summed E-state index contributed by atoms with van der Waals surface area (Å²) in [7, 11) is 2.14. The molecule has 0 spiro atoms. The first-order valence-corrected chi connectivity index (χ1v) is 6.98. The van der Waals surface area contributed by atoms with Gasteiger partial charge in [0.25, 0.3) is 0 Å². The van der Waals surface area contributed by atoms with E-state index in [1.807, 2.05) is 18.2 Å². The quantitative estimate of drug-likeness (QED) is 0.782. The van der Waals surface area contributed by atoms with Crippen molar-refractivity contribution in [1.82, 2.24) is 9.88 Å². The van der Waals surface area contributed by atoms with Crippen LogP contribution in [0.5, 0.6) is 0 Å². The van der Waals surface area contributed by atoms with Gasteiger partial charge < -0.3 is 9.80 Å². The number of para-hydroxylation sites is 1. The molecule has 0 bridgehead atoms. The first kappa shape index (κ1) is 13.1. The number of benzene rings is 1. The third kappa shape index (κ3) is 2.27. The Balaban J connectivity index is 2.06. The third-order valence-corrected chi connectivity index (χ3v) is 4.02. The van der Waals surface area contributed by atoms with Crippen LogP contribution in [-0.2, 0) is 0 Å². The monoisotopic (exact) mass is 269 g/mol. The molecule has 1 aromatic carbocycles. The van der Waals surface area contributed by atoms with E-state index in [1.54, 1.807) is 0 Å². The second-order valence-electron chi connectivity index (χ2n) is 5.45. The van der Waals surface area contributed by atoms with Crippen LogP contribution in [0.3, 0.4) is 0 Å². The second-order valence-corrected chi connectivity index (χ2v) is 5.45. The molecule has 104 valence electrons. The Morgan fingerprint density at radius 3 is 2.65 bits per heavy atom. The fraction of sp³-hybridized carbons (Fsp3) is 0.375. The standard InChI is InChI=1S/C16H19N3O/c1-12-10-15(19-8-6-18(2)7-9-19)17-16-13(11-20)4-3-5-14(12)16/h3-5,10-11H,6-9H2,1-2H3. The summed E-state index contributed by atoms with van der Waals surface area (Å²) in [6.45, 7) is 6.15. The molecule has 2 heterocycles. The van der Waals surface area contributed by atoms with Crippen LogP contribution in [0.25, 0.3) is 10.9 Å². The first-order valence-electron chi connectivity index (χ1n) is 6.98. The van der Waals surface area contributed by atoms with Crippen LogP contribution in [0, 0.1) is 6.92 Å². The Morgan fingerprint density at radius 2 is 1.95 bits per heavy atom. The van der Waals surface area contributed by atoms with Gasteiger partial charge in [-0.05, 0) is 31.7 Å². The number of carbonyl (C=O) groups excluding carboxylic acids is 1.